The van der Waals surface area contributed by atoms with E-state index in [2.05, 4.69) is 56.6 Å². The number of anilines is 1. The van der Waals surface area contributed by atoms with Gasteiger partial charge in [0.25, 0.3) is 0 Å². The first kappa shape index (κ1) is 20.9. The van der Waals surface area contributed by atoms with E-state index in [-0.39, 0.29) is 0 Å². The zero-order chi connectivity index (χ0) is 19.6. The Morgan fingerprint density at radius 1 is 1.11 bits per heavy atom. The second-order valence-electron chi connectivity index (χ2n) is 7.85. The summed E-state index contributed by atoms with van der Waals surface area (Å²) in [4.78, 5) is 9.35. The lowest BCUT2D eigenvalue weighted by molar-refractivity contribution is 0.122. The number of likely N-dealkylation sites (tertiary alicyclic amines) is 1. The maximum atomic E-state index is 5.43. The Kier molecular flexibility index (Phi) is 8.42. The Hall–Kier alpha value is -1.79. The summed E-state index contributed by atoms with van der Waals surface area (Å²) in [6.07, 6.45) is 5.24. The standard InChI is InChI=1S/C22H37N5O/c1-19-6-3-4-12-26(19)13-5-11-24-22(23-2)25-18-20-7-9-21(10-8-20)27-14-16-28-17-15-27/h7-10,19H,3-6,11-18H2,1-2H3,(H2,23,24,25). The van der Waals surface area contributed by atoms with E-state index in [4.69, 9.17) is 4.74 Å². The van der Waals surface area contributed by atoms with Crippen LogP contribution in [-0.2, 0) is 11.3 Å². The topological polar surface area (TPSA) is 52.1 Å². The Morgan fingerprint density at radius 2 is 1.89 bits per heavy atom. The second kappa shape index (κ2) is 11.3. The van der Waals surface area contributed by atoms with Crippen LogP contribution in [0, 0.1) is 0 Å². The van der Waals surface area contributed by atoms with Crippen molar-refractivity contribution in [2.45, 2.75) is 45.2 Å². The zero-order valence-corrected chi connectivity index (χ0v) is 17.6. The molecule has 2 aliphatic heterocycles. The number of morpholine rings is 1. The van der Waals surface area contributed by atoms with Crippen molar-refractivity contribution >= 4 is 11.6 Å². The summed E-state index contributed by atoms with van der Waals surface area (Å²) in [6.45, 7) is 10.1. The molecule has 2 aliphatic rings. The lowest BCUT2D eigenvalue weighted by atomic mass is 10.0. The Balaban J connectivity index is 1.35. The van der Waals surface area contributed by atoms with Crippen molar-refractivity contribution in [3.05, 3.63) is 29.8 Å². The second-order valence-corrected chi connectivity index (χ2v) is 7.85. The van der Waals surface area contributed by atoms with Crippen molar-refractivity contribution in [2.24, 2.45) is 4.99 Å². The molecule has 2 N–H and O–H groups in total. The molecule has 6 nitrogen and oxygen atoms in total. The highest BCUT2D eigenvalue weighted by molar-refractivity contribution is 5.79. The van der Waals surface area contributed by atoms with Gasteiger partial charge in [0.05, 0.1) is 13.2 Å². The molecule has 156 valence electrons. The molecule has 2 fully saturated rings. The van der Waals surface area contributed by atoms with Gasteiger partial charge in [-0.15, -0.1) is 0 Å². The first-order chi connectivity index (χ1) is 13.8. The molecular formula is C22H37N5O. The molecule has 0 saturated carbocycles. The third-order valence-electron chi connectivity index (χ3n) is 5.85. The minimum atomic E-state index is 0.742. The summed E-state index contributed by atoms with van der Waals surface area (Å²) in [5, 5.41) is 6.87. The van der Waals surface area contributed by atoms with E-state index in [9.17, 15) is 0 Å². The molecule has 0 radical (unpaired) electrons. The zero-order valence-electron chi connectivity index (χ0n) is 17.6. The van der Waals surface area contributed by atoms with E-state index < -0.39 is 0 Å². The molecule has 6 heteroatoms. The van der Waals surface area contributed by atoms with Crippen molar-refractivity contribution in [1.82, 2.24) is 15.5 Å². The van der Waals surface area contributed by atoms with Gasteiger partial charge in [-0.1, -0.05) is 18.6 Å². The van der Waals surface area contributed by atoms with E-state index in [1.807, 2.05) is 7.05 Å². The van der Waals surface area contributed by atoms with Crippen LogP contribution >= 0.6 is 0 Å². The van der Waals surface area contributed by atoms with E-state index in [0.717, 1.165) is 57.8 Å². The lowest BCUT2D eigenvalue weighted by Crippen LogP contribution is -2.41. The average Bonchev–Trinajstić information content (AvgIpc) is 2.75. The van der Waals surface area contributed by atoms with Crippen molar-refractivity contribution < 1.29 is 4.74 Å². The number of aliphatic imine (C=N–C) groups is 1. The molecule has 2 saturated heterocycles. The number of hydrogen-bond acceptors (Lipinski definition) is 4. The van der Waals surface area contributed by atoms with Crippen molar-refractivity contribution in [1.29, 1.82) is 0 Å². The van der Waals surface area contributed by atoms with Gasteiger partial charge in [-0.3, -0.25) is 4.99 Å². The third kappa shape index (κ3) is 6.38. The number of guanidine groups is 1. The maximum absolute atomic E-state index is 5.43. The van der Waals surface area contributed by atoms with Crippen LogP contribution in [0.25, 0.3) is 0 Å². The largest absolute Gasteiger partial charge is 0.378 e. The Bertz CT molecular complexity index is 597. The highest BCUT2D eigenvalue weighted by Crippen LogP contribution is 2.17. The predicted molar refractivity (Wildman–Crippen MR) is 117 cm³/mol. The normalized spacial score (nSPS) is 21.6. The summed E-state index contributed by atoms with van der Waals surface area (Å²) in [6, 6.07) is 9.55. The molecule has 0 aliphatic carbocycles. The number of piperidine rings is 1. The summed E-state index contributed by atoms with van der Waals surface area (Å²) < 4.78 is 5.43. The fraction of sp³-hybridized carbons (Fsp3) is 0.682. The number of hydrogen-bond donors (Lipinski definition) is 2. The average molecular weight is 388 g/mol. The highest BCUT2D eigenvalue weighted by atomic mass is 16.5. The van der Waals surface area contributed by atoms with Gasteiger partial charge < -0.3 is 25.2 Å². The molecule has 1 aromatic carbocycles. The summed E-state index contributed by atoms with van der Waals surface area (Å²) in [5.74, 6) is 0.879. The van der Waals surface area contributed by atoms with Gasteiger partial charge in [0.15, 0.2) is 5.96 Å². The molecule has 3 rings (SSSR count). The SMILES string of the molecule is CN=C(NCCCN1CCCCC1C)NCc1ccc(N2CCOCC2)cc1. The minimum Gasteiger partial charge on any atom is -0.378 e. The van der Waals surface area contributed by atoms with Crippen molar-refractivity contribution in [3.63, 3.8) is 0 Å². The fourth-order valence-corrected chi connectivity index (χ4v) is 4.03. The molecule has 0 aromatic heterocycles. The molecular weight excluding hydrogens is 350 g/mol. The molecule has 28 heavy (non-hydrogen) atoms. The molecule has 0 amide bonds. The van der Waals surface area contributed by atoms with Gasteiger partial charge >= 0.3 is 0 Å². The van der Waals surface area contributed by atoms with Crippen LogP contribution in [0.15, 0.2) is 29.3 Å². The van der Waals surface area contributed by atoms with Crippen molar-refractivity contribution in [3.8, 4) is 0 Å². The van der Waals surface area contributed by atoms with Crippen LogP contribution in [0.4, 0.5) is 5.69 Å². The smallest absolute Gasteiger partial charge is 0.191 e. The predicted octanol–water partition coefficient (Wildman–Crippen LogP) is 2.45. The van der Waals surface area contributed by atoms with Crippen LogP contribution in [-0.4, -0.2) is 69.9 Å². The number of ether oxygens (including phenoxy) is 1. The first-order valence-corrected chi connectivity index (χ1v) is 10.9. The van der Waals surface area contributed by atoms with Crippen LogP contribution in [0.1, 0.15) is 38.2 Å². The summed E-state index contributed by atoms with van der Waals surface area (Å²) in [5.41, 5.74) is 2.54. The van der Waals surface area contributed by atoms with Crippen molar-refractivity contribution in [2.75, 3.05) is 57.9 Å². The first-order valence-electron chi connectivity index (χ1n) is 10.9. The molecule has 0 spiro atoms. The molecule has 0 bridgehead atoms. The van der Waals surface area contributed by atoms with E-state index in [1.165, 1.54) is 43.6 Å². The Morgan fingerprint density at radius 3 is 2.61 bits per heavy atom. The van der Waals surface area contributed by atoms with Gasteiger partial charge in [-0.25, -0.2) is 0 Å². The number of rotatable bonds is 7. The Labute approximate surface area is 170 Å². The van der Waals surface area contributed by atoms with Gasteiger partial charge in [-0.2, -0.15) is 0 Å². The third-order valence-corrected chi connectivity index (χ3v) is 5.85. The number of nitrogens with one attached hydrogen (secondary N) is 2. The lowest BCUT2D eigenvalue weighted by Gasteiger charge is -2.33. The van der Waals surface area contributed by atoms with Gasteiger partial charge in [0.1, 0.15) is 0 Å². The van der Waals surface area contributed by atoms with Crippen LogP contribution < -0.4 is 15.5 Å². The molecule has 1 unspecified atom stereocenters. The van der Waals surface area contributed by atoms with Crippen LogP contribution in [0.3, 0.4) is 0 Å². The molecule has 1 aromatic rings. The van der Waals surface area contributed by atoms with Crippen LogP contribution in [0.5, 0.6) is 0 Å². The van der Waals surface area contributed by atoms with E-state index in [0.29, 0.717) is 0 Å². The van der Waals surface area contributed by atoms with Crippen LogP contribution in [0.2, 0.25) is 0 Å². The number of benzene rings is 1. The fourth-order valence-electron chi connectivity index (χ4n) is 4.03. The van der Waals surface area contributed by atoms with Gasteiger partial charge in [-0.05, 0) is 50.4 Å². The van der Waals surface area contributed by atoms with E-state index >= 15 is 0 Å². The minimum absolute atomic E-state index is 0.742. The monoisotopic (exact) mass is 387 g/mol. The maximum Gasteiger partial charge on any atom is 0.191 e. The van der Waals surface area contributed by atoms with Gasteiger partial charge in [0, 0.05) is 51.5 Å². The highest BCUT2D eigenvalue weighted by Gasteiger charge is 2.17. The van der Waals surface area contributed by atoms with Gasteiger partial charge in [0.2, 0.25) is 0 Å². The molecule has 1 atom stereocenters. The summed E-state index contributed by atoms with van der Waals surface area (Å²) >= 11 is 0. The van der Waals surface area contributed by atoms with E-state index in [1.54, 1.807) is 0 Å². The quantitative estimate of drug-likeness (QED) is 0.428. The summed E-state index contributed by atoms with van der Waals surface area (Å²) in [7, 11) is 1.84. The molecule has 2 heterocycles. The number of nitrogens with zero attached hydrogens (tertiary/aromatic N) is 3.